The van der Waals surface area contributed by atoms with Crippen molar-refractivity contribution in [3.05, 3.63) is 33.5 Å². The van der Waals surface area contributed by atoms with E-state index < -0.39 is 0 Å². The third kappa shape index (κ3) is 1.69. The van der Waals surface area contributed by atoms with Gasteiger partial charge in [0, 0.05) is 19.5 Å². The maximum Gasteiger partial charge on any atom is 0.0474 e. The summed E-state index contributed by atoms with van der Waals surface area (Å²) in [5.41, 5.74) is 1.41. The highest BCUT2D eigenvalue weighted by Crippen LogP contribution is 2.36. The van der Waals surface area contributed by atoms with Crippen LogP contribution < -0.4 is 0 Å². The molecule has 0 saturated carbocycles. The maximum atomic E-state index is 2.26. The van der Waals surface area contributed by atoms with Crippen LogP contribution in [0.2, 0.25) is 0 Å². The molecule has 0 spiro atoms. The minimum absolute atomic E-state index is 1.39. The summed E-state index contributed by atoms with van der Waals surface area (Å²) in [5, 5.41) is 0. The normalized spacial score (nSPS) is 10.7. The summed E-state index contributed by atoms with van der Waals surface area (Å²) in [5.74, 6) is 0. The van der Waals surface area contributed by atoms with Crippen LogP contribution in [-0.2, 0) is 0 Å². The first kappa shape index (κ1) is 8.97. The molecular formula is C11H12S2. The molecule has 13 heavy (non-hydrogen) atoms. The van der Waals surface area contributed by atoms with Crippen molar-refractivity contribution in [2.75, 3.05) is 0 Å². The second kappa shape index (κ2) is 3.28. The van der Waals surface area contributed by atoms with Gasteiger partial charge >= 0.3 is 0 Å². The van der Waals surface area contributed by atoms with Crippen molar-refractivity contribution in [3.8, 4) is 9.75 Å². The van der Waals surface area contributed by atoms with Gasteiger partial charge in [-0.2, -0.15) is 0 Å². The molecule has 2 rings (SSSR count). The van der Waals surface area contributed by atoms with Crippen molar-refractivity contribution < 1.29 is 0 Å². The van der Waals surface area contributed by atoms with Crippen LogP contribution in [0.15, 0.2) is 18.2 Å². The highest BCUT2D eigenvalue weighted by atomic mass is 32.1. The molecule has 0 bridgehead atoms. The Kier molecular flexibility index (Phi) is 2.26. The minimum atomic E-state index is 1.39. The first-order valence-electron chi connectivity index (χ1n) is 4.30. The number of thiophene rings is 2. The molecule has 0 aliphatic heterocycles. The Balaban J connectivity index is 2.51. The highest BCUT2D eigenvalue weighted by Gasteiger charge is 2.06. The molecule has 0 saturated heterocycles. The summed E-state index contributed by atoms with van der Waals surface area (Å²) in [4.78, 5) is 5.64. The molecule has 68 valence electrons. The zero-order valence-electron chi connectivity index (χ0n) is 8.05. The Hall–Kier alpha value is -0.600. The number of aryl methyl sites for hydroxylation is 3. The van der Waals surface area contributed by atoms with E-state index in [0.29, 0.717) is 0 Å². The van der Waals surface area contributed by atoms with Crippen molar-refractivity contribution >= 4 is 22.7 Å². The van der Waals surface area contributed by atoms with Gasteiger partial charge in [0.1, 0.15) is 0 Å². The van der Waals surface area contributed by atoms with E-state index in [1.165, 1.54) is 25.1 Å². The Morgan fingerprint density at radius 1 is 0.923 bits per heavy atom. The largest absolute Gasteiger partial charge is 0.140 e. The standard InChI is InChI=1S/C11H12S2/c1-7-6-9(3)13-11(7)10-5-4-8(2)12-10/h4-6H,1-3H3. The topological polar surface area (TPSA) is 0 Å². The molecule has 0 unspecified atom stereocenters. The monoisotopic (exact) mass is 208 g/mol. The molecule has 2 heterocycles. The molecule has 0 aliphatic rings. The second-order valence-electron chi connectivity index (χ2n) is 3.28. The Bertz CT molecular complexity index is 421. The molecule has 2 aromatic rings. The number of hydrogen-bond acceptors (Lipinski definition) is 2. The Morgan fingerprint density at radius 3 is 2.15 bits per heavy atom. The number of hydrogen-bond donors (Lipinski definition) is 0. The lowest BCUT2D eigenvalue weighted by Crippen LogP contribution is -1.66. The molecule has 0 aliphatic carbocycles. The van der Waals surface area contributed by atoms with Gasteiger partial charge in [-0.25, -0.2) is 0 Å². The van der Waals surface area contributed by atoms with Gasteiger partial charge in [-0.05, 0) is 44.5 Å². The lowest BCUT2D eigenvalue weighted by Gasteiger charge is -1.92. The Morgan fingerprint density at radius 2 is 1.69 bits per heavy atom. The predicted molar refractivity (Wildman–Crippen MR) is 61.8 cm³/mol. The molecule has 0 atom stereocenters. The zero-order valence-corrected chi connectivity index (χ0v) is 9.68. The van der Waals surface area contributed by atoms with E-state index in [4.69, 9.17) is 0 Å². The summed E-state index contributed by atoms with van der Waals surface area (Å²) >= 11 is 3.77. The summed E-state index contributed by atoms with van der Waals surface area (Å²) < 4.78 is 0. The van der Waals surface area contributed by atoms with Gasteiger partial charge < -0.3 is 0 Å². The van der Waals surface area contributed by atoms with Gasteiger partial charge in [0.25, 0.3) is 0 Å². The fourth-order valence-corrected chi connectivity index (χ4v) is 3.51. The summed E-state index contributed by atoms with van der Waals surface area (Å²) in [6.07, 6.45) is 0. The van der Waals surface area contributed by atoms with Crippen LogP contribution >= 0.6 is 22.7 Å². The van der Waals surface area contributed by atoms with Crippen molar-refractivity contribution in [2.24, 2.45) is 0 Å². The van der Waals surface area contributed by atoms with Crippen LogP contribution in [0, 0.1) is 20.8 Å². The smallest absolute Gasteiger partial charge is 0.0474 e. The van der Waals surface area contributed by atoms with Crippen LogP contribution in [0.3, 0.4) is 0 Å². The average molecular weight is 208 g/mol. The summed E-state index contributed by atoms with van der Waals surface area (Å²) in [6, 6.07) is 6.67. The second-order valence-corrected chi connectivity index (χ2v) is 5.82. The highest BCUT2D eigenvalue weighted by molar-refractivity contribution is 7.22. The van der Waals surface area contributed by atoms with Gasteiger partial charge in [-0.1, -0.05) is 0 Å². The van der Waals surface area contributed by atoms with Gasteiger partial charge in [-0.3, -0.25) is 0 Å². The van der Waals surface area contributed by atoms with Crippen molar-refractivity contribution in [2.45, 2.75) is 20.8 Å². The van der Waals surface area contributed by atoms with Gasteiger partial charge in [0.05, 0.1) is 0 Å². The fraction of sp³-hybridized carbons (Fsp3) is 0.273. The zero-order chi connectivity index (χ0) is 9.42. The van der Waals surface area contributed by atoms with Gasteiger partial charge in [0.15, 0.2) is 0 Å². The first-order valence-corrected chi connectivity index (χ1v) is 5.94. The molecule has 2 aromatic heterocycles. The summed E-state index contributed by atoms with van der Waals surface area (Å²) in [7, 11) is 0. The van der Waals surface area contributed by atoms with E-state index in [0.717, 1.165) is 0 Å². The van der Waals surface area contributed by atoms with Gasteiger partial charge in [0.2, 0.25) is 0 Å². The molecule has 0 radical (unpaired) electrons. The SMILES string of the molecule is Cc1ccc(-c2sc(C)cc2C)s1. The molecular weight excluding hydrogens is 196 g/mol. The third-order valence-electron chi connectivity index (χ3n) is 2.01. The van der Waals surface area contributed by atoms with E-state index in [1.807, 2.05) is 22.7 Å². The first-order chi connectivity index (χ1) is 6.16. The lowest BCUT2D eigenvalue weighted by molar-refractivity contribution is 1.51. The van der Waals surface area contributed by atoms with E-state index in [1.54, 1.807) is 0 Å². The number of rotatable bonds is 1. The third-order valence-corrected chi connectivity index (χ3v) is 4.34. The van der Waals surface area contributed by atoms with Gasteiger partial charge in [-0.15, -0.1) is 22.7 Å². The molecule has 2 heteroatoms. The average Bonchev–Trinajstić information content (AvgIpc) is 2.58. The maximum absolute atomic E-state index is 2.26. The van der Waals surface area contributed by atoms with Crippen molar-refractivity contribution in [1.29, 1.82) is 0 Å². The quantitative estimate of drug-likeness (QED) is 0.651. The van der Waals surface area contributed by atoms with Crippen LogP contribution in [-0.4, -0.2) is 0 Å². The molecule has 0 aromatic carbocycles. The van der Waals surface area contributed by atoms with E-state index in [-0.39, 0.29) is 0 Å². The van der Waals surface area contributed by atoms with Crippen LogP contribution in [0.25, 0.3) is 9.75 Å². The van der Waals surface area contributed by atoms with Crippen molar-refractivity contribution in [3.63, 3.8) is 0 Å². The molecule has 0 fully saturated rings. The van der Waals surface area contributed by atoms with Crippen LogP contribution in [0.1, 0.15) is 15.3 Å². The van der Waals surface area contributed by atoms with E-state index in [2.05, 4.69) is 39.0 Å². The fourth-order valence-electron chi connectivity index (χ4n) is 1.44. The minimum Gasteiger partial charge on any atom is -0.140 e. The predicted octanol–water partition coefficient (Wildman–Crippen LogP) is 4.40. The van der Waals surface area contributed by atoms with Crippen LogP contribution in [0.5, 0.6) is 0 Å². The molecule has 0 N–H and O–H groups in total. The van der Waals surface area contributed by atoms with E-state index >= 15 is 0 Å². The summed E-state index contributed by atoms with van der Waals surface area (Å²) in [6.45, 7) is 6.51. The Labute approximate surface area is 86.9 Å². The van der Waals surface area contributed by atoms with E-state index in [9.17, 15) is 0 Å². The molecule has 0 amide bonds. The van der Waals surface area contributed by atoms with Crippen molar-refractivity contribution in [1.82, 2.24) is 0 Å². The lowest BCUT2D eigenvalue weighted by atomic mass is 10.2. The molecule has 0 nitrogen and oxygen atoms in total. The van der Waals surface area contributed by atoms with Crippen LogP contribution in [0.4, 0.5) is 0 Å².